The van der Waals surface area contributed by atoms with Crippen LogP contribution in [-0.2, 0) is 9.53 Å². The van der Waals surface area contributed by atoms with Crippen LogP contribution in [0.2, 0.25) is 5.15 Å². The zero-order valence-corrected chi connectivity index (χ0v) is 11.3. The van der Waals surface area contributed by atoms with E-state index in [1.165, 1.54) is 13.1 Å². The van der Waals surface area contributed by atoms with Gasteiger partial charge in [0.15, 0.2) is 11.3 Å². The number of aromatic nitrogens is 2. The van der Waals surface area contributed by atoms with Crippen molar-refractivity contribution in [3.05, 3.63) is 47.5 Å². The fourth-order valence-corrected chi connectivity index (χ4v) is 1.62. The summed E-state index contributed by atoms with van der Waals surface area (Å²) in [5.74, 6) is -1.09. The van der Waals surface area contributed by atoms with Crippen LogP contribution in [0.5, 0.6) is 0 Å². The van der Waals surface area contributed by atoms with Gasteiger partial charge in [-0.1, -0.05) is 11.6 Å². The highest BCUT2D eigenvalue weighted by Crippen LogP contribution is 2.17. The predicted molar refractivity (Wildman–Crippen MR) is 73.5 cm³/mol. The number of amides is 1. The second-order valence-corrected chi connectivity index (χ2v) is 4.32. The van der Waals surface area contributed by atoms with Crippen LogP contribution in [-0.4, -0.2) is 27.9 Å². The number of anilines is 1. The van der Waals surface area contributed by atoms with E-state index < -0.39 is 18.0 Å². The minimum Gasteiger partial charge on any atom is -0.448 e. The van der Waals surface area contributed by atoms with Crippen LogP contribution in [0.3, 0.4) is 0 Å². The van der Waals surface area contributed by atoms with Crippen molar-refractivity contribution >= 4 is 29.2 Å². The van der Waals surface area contributed by atoms with E-state index >= 15 is 0 Å². The number of H-pyrrole nitrogens is 1. The summed E-state index contributed by atoms with van der Waals surface area (Å²) >= 11 is 5.82. The number of nitrogens with one attached hydrogen (secondary N) is 2. The maximum atomic E-state index is 11.9. The van der Waals surface area contributed by atoms with Gasteiger partial charge in [0.05, 0.1) is 5.69 Å². The number of hydrogen-bond acceptors (Lipinski definition) is 4. The minimum absolute atomic E-state index is 0.170. The van der Waals surface area contributed by atoms with Crippen LogP contribution < -0.4 is 5.32 Å². The molecule has 0 fully saturated rings. The summed E-state index contributed by atoms with van der Waals surface area (Å²) in [4.78, 5) is 30.1. The standard InChI is InChI=1S/C13H12ClN3O3/c1-8(20-13(19)10-5-3-6-15-10)12(18)17-9-4-2-7-16-11(9)14/h2-8,15H,1H3,(H,17,18)/t8-/m1/s1. The third kappa shape index (κ3) is 3.36. The van der Waals surface area contributed by atoms with Crippen molar-refractivity contribution in [1.82, 2.24) is 9.97 Å². The topological polar surface area (TPSA) is 84.1 Å². The van der Waals surface area contributed by atoms with E-state index in [-0.39, 0.29) is 10.8 Å². The molecule has 104 valence electrons. The first-order valence-electron chi connectivity index (χ1n) is 5.83. The minimum atomic E-state index is -0.956. The number of carbonyl (C=O) groups excluding carboxylic acids is 2. The average Bonchev–Trinajstić information content (AvgIpc) is 2.95. The van der Waals surface area contributed by atoms with E-state index in [0.29, 0.717) is 5.69 Å². The molecular formula is C13H12ClN3O3. The summed E-state index contributed by atoms with van der Waals surface area (Å²) in [5.41, 5.74) is 0.644. The molecule has 0 radical (unpaired) electrons. The van der Waals surface area contributed by atoms with Gasteiger partial charge in [0.25, 0.3) is 5.91 Å². The molecule has 6 nitrogen and oxygen atoms in total. The summed E-state index contributed by atoms with van der Waals surface area (Å²) in [7, 11) is 0. The van der Waals surface area contributed by atoms with Crippen molar-refractivity contribution in [2.24, 2.45) is 0 Å². The fraction of sp³-hybridized carbons (Fsp3) is 0.154. The van der Waals surface area contributed by atoms with Crippen molar-refractivity contribution in [2.45, 2.75) is 13.0 Å². The van der Waals surface area contributed by atoms with Crippen molar-refractivity contribution in [3.8, 4) is 0 Å². The van der Waals surface area contributed by atoms with Crippen LogP contribution in [0.1, 0.15) is 17.4 Å². The summed E-state index contributed by atoms with van der Waals surface area (Å²) in [6.45, 7) is 1.47. The molecule has 0 aliphatic rings. The first-order chi connectivity index (χ1) is 9.58. The largest absolute Gasteiger partial charge is 0.448 e. The number of hydrogen-bond donors (Lipinski definition) is 2. The predicted octanol–water partition coefficient (Wildman–Crippen LogP) is 2.25. The van der Waals surface area contributed by atoms with Gasteiger partial charge in [-0.15, -0.1) is 0 Å². The molecule has 0 saturated heterocycles. The van der Waals surface area contributed by atoms with Crippen molar-refractivity contribution in [3.63, 3.8) is 0 Å². The molecule has 0 bridgehead atoms. The molecule has 1 amide bonds. The van der Waals surface area contributed by atoms with Gasteiger partial charge in [-0.05, 0) is 31.2 Å². The van der Waals surface area contributed by atoms with Crippen molar-refractivity contribution in [2.75, 3.05) is 5.32 Å². The Hall–Kier alpha value is -2.34. The third-order valence-electron chi connectivity index (χ3n) is 2.49. The SMILES string of the molecule is C[C@@H](OC(=O)c1ccc[nH]1)C(=O)Nc1cccnc1Cl. The number of carbonyl (C=O) groups is 2. The second-order valence-electron chi connectivity index (χ2n) is 3.96. The zero-order valence-electron chi connectivity index (χ0n) is 10.6. The molecule has 20 heavy (non-hydrogen) atoms. The maximum absolute atomic E-state index is 11.9. The first kappa shape index (κ1) is 14.1. The molecule has 2 rings (SSSR count). The van der Waals surface area contributed by atoms with E-state index in [1.807, 2.05) is 0 Å². The van der Waals surface area contributed by atoms with Crippen molar-refractivity contribution < 1.29 is 14.3 Å². The highest BCUT2D eigenvalue weighted by molar-refractivity contribution is 6.32. The Morgan fingerprint density at radius 2 is 2.20 bits per heavy atom. The maximum Gasteiger partial charge on any atom is 0.355 e. The molecule has 1 atom stereocenters. The average molecular weight is 294 g/mol. The molecule has 2 N–H and O–H groups in total. The third-order valence-corrected chi connectivity index (χ3v) is 2.79. The lowest BCUT2D eigenvalue weighted by atomic mass is 10.3. The summed E-state index contributed by atoms with van der Waals surface area (Å²) in [6.07, 6.45) is 2.14. The van der Waals surface area contributed by atoms with Crippen LogP contribution in [0.4, 0.5) is 5.69 Å². The Balaban J connectivity index is 1.96. The molecule has 0 spiro atoms. The number of nitrogens with zero attached hydrogens (tertiary/aromatic N) is 1. The number of ether oxygens (including phenoxy) is 1. The van der Waals surface area contributed by atoms with Gasteiger partial charge in [0, 0.05) is 12.4 Å². The van der Waals surface area contributed by atoms with Crippen LogP contribution in [0.25, 0.3) is 0 Å². The molecule has 2 aromatic rings. The van der Waals surface area contributed by atoms with Crippen LogP contribution in [0.15, 0.2) is 36.7 Å². The molecule has 0 aromatic carbocycles. The lowest BCUT2D eigenvalue weighted by Gasteiger charge is -2.13. The summed E-state index contributed by atoms with van der Waals surface area (Å²) < 4.78 is 5.02. The molecule has 0 unspecified atom stereocenters. The summed E-state index contributed by atoms with van der Waals surface area (Å²) in [6, 6.07) is 6.46. The number of pyridine rings is 1. The number of rotatable bonds is 4. The molecule has 0 saturated carbocycles. The van der Waals surface area contributed by atoms with Crippen LogP contribution >= 0.6 is 11.6 Å². The number of halogens is 1. The quantitative estimate of drug-likeness (QED) is 0.669. The smallest absolute Gasteiger partial charge is 0.355 e. The fourth-order valence-electron chi connectivity index (χ4n) is 1.45. The lowest BCUT2D eigenvalue weighted by molar-refractivity contribution is -0.123. The highest BCUT2D eigenvalue weighted by Gasteiger charge is 2.20. The van der Waals surface area contributed by atoms with Gasteiger partial charge < -0.3 is 15.0 Å². The molecule has 2 aromatic heterocycles. The Bertz CT molecular complexity index is 613. The molecular weight excluding hydrogens is 282 g/mol. The summed E-state index contributed by atoms with van der Waals surface area (Å²) in [5, 5.41) is 2.71. The highest BCUT2D eigenvalue weighted by atomic mass is 35.5. The molecule has 2 heterocycles. The molecule has 7 heteroatoms. The van der Waals surface area contributed by atoms with Gasteiger partial charge in [-0.25, -0.2) is 9.78 Å². The number of esters is 1. The van der Waals surface area contributed by atoms with Gasteiger partial charge in [0.2, 0.25) is 0 Å². The van der Waals surface area contributed by atoms with Crippen LogP contribution in [0, 0.1) is 0 Å². The molecule has 0 aliphatic heterocycles. The van der Waals surface area contributed by atoms with E-state index in [1.54, 1.807) is 30.5 Å². The van der Waals surface area contributed by atoms with E-state index in [2.05, 4.69) is 15.3 Å². The number of aromatic amines is 1. The normalized spacial score (nSPS) is 11.7. The first-order valence-corrected chi connectivity index (χ1v) is 6.21. The van der Waals surface area contributed by atoms with Gasteiger partial charge in [-0.3, -0.25) is 4.79 Å². The lowest BCUT2D eigenvalue weighted by Crippen LogP contribution is -2.30. The Morgan fingerprint density at radius 3 is 2.85 bits per heavy atom. The monoisotopic (exact) mass is 293 g/mol. The Kier molecular flexibility index (Phi) is 4.37. The van der Waals surface area contributed by atoms with Gasteiger partial charge >= 0.3 is 5.97 Å². The van der Waals surface area contributed by atoms with E-state index in [0.717, 1.165) is 0 Å². The van der Waals surface area contributed by atoms with Crippen molar-refractivity contribution in [1.29, 1.82) is 0 Å². The van der Waals surface area contributed by atoms with E-state index in [9.17, 15) is 9.59 Å². The zero-order chi connectivity index (χ0) is 14.5. The Labute approximate surface area is 120 Å². The van der Waals surface area contributed by atoms with Gasteiger partial charge in [0.1, 0.15) is 5.69 Å². The van der Waals surface area contributed by atoms with E-state index in [4.69, 9.17) is 16.3 Å². The second kappa shape index (κ2) is 6.21. The van der Waals surface area contributed by atoms with Gasteiger partial charge in [-0.2, -0.15) is 0 Å². The molecule has 0 aliphatic carbocycles. The Morgan fingerprint density at radius 1 is 1.40 bits per heavy atom.